The maximum atomic E-state index is 10.3. The van der Waals surface area contributed by atoms with Crippen LogP contribution in [-0.2, 0) is 6.42 Å². The highest BCUT2D eigenvalue weighted by Crippen LogP contribution is 2.41. The van der Waals surface area contributed by atoms with Gasteiger partial charge in [0.1, 0.15) is 11.5 Å². The molecule has 0 aromatic heterocycles. The molecule has 1 aliphatic rings. The normalized spacial score (nSPS) is 16.4. The predicted octanol–water partition coefficient (Wildman–Crippen LogP) is 9.23. The minimum atomic E-state index is 0.345. The van der Waals surface area contributed by atoms with Gasteiger partial charge in [-0.15, -0.1) is 0 Å². The molecule has 1 aromatic rings. The van der Waals surface area contributed by atoms with Crippen molar-refractivity contribution in [3.05, 3.63) is 22.3 Å². The van der Waals surface area contributed by atoms with E-state index < -0.39 is 0 Å². The lowest BCUT2D eigenvalue weighted by Gasteiger charge is -2.30. The third-order valence-corrected chi connectivity index (χ3v) is 7.04. The minimum Gasteiger partial charge on any atom is -0.507 e. The molecule has 1 heterocycles. The van der Waals surface area contributed by atoms with Crippen molar-refractivity contribution < 1.29 is 9.84 Å². The molecular weight excluding hydrogens is 380 g/mol. The Morgan fingerprint density at radius 1 is 0.806 bits per heavy atom. The van der Waals surface area contributed by atoms with E-state index in [1.54, 1.807) is 0 Å². The highest BCUT2D eigenvalue weighted by molar-refractivity contribution is 5.58. The number of rotatable bonds is 12. The summed E-state index contributed by atoms with van der Waals surface area (Å²) in [5.41, 5.74) is 4.33. The Bertz CT molecular complexity index is 632. The largest absolute Gasteiger partial charge is 0.507 e. The molecule has 0 aliphatic carbocycles. The van der Waals surface area contributed by atoms with Crippen LogP contribution in [0.5, 0.6) is 11.5 Å². The Labute approximate surface area is 194 Å². The molecule has 0 amide bonds. The van der Waals surface area contributed by atoms with Crippen molar-refractivity contribution in [1.82, 2.24) is 0 Å². The maximum absolute atomic E-state index is 10.3. The van der Waals surface area contributed by atoms with Crippen LogP contribution in [0.3, 0.4) is 0 Å². The zero-order valence-corrected chi connectivity index (χ0v) is 22.1. The van der Waals surface area contributed by atoms with Crippen LogP contribution in [0.1, 0.15) is 128 Å². The Morgan fingerprint density at radius 3 is 2.03 bits per heavy atom. The molecule has 2 rings (SSSR count). The van der Waals surface area contributed by atoms with Crippen molar-refractivity contribution in [3.8, 4) is 11.5 Å². The van der Waals surface area contributed by atoms with Gasteiger partial charge >= 0.3 is 0 Å². The lowest BCUT2D eigenvalue weighted by Crippen LogP contribution is -2.24. The van der Waals surface area contributed by atoms with Crippen molar-refractivity contribution in [2.45, 2.75) is 139 Å². The fourth-order valence-corrected chi connectivity index (χ4v) is 4.78. The van der Waals surface area contributed by atoms with Gasteiger partial charge in [-0.05, 0) is 75.0 Å². The zero-order chi connectivity index (χ0) is 23.4. The standard InChI is InChI=1S/C27H46O2.C2H6/c1-19(2)13-10-8-7-9-11-14-20(3)15-12-16-24-17-18-25-23(6)26(28)21(4)22(5)27(25)29-24;1-2/h19-20,24,28H,7-18H2,1-6H3;1-2H3/t20-,24-;/m1./s1. The maximum Gasteiger partial charge on any atom is 0.126 e. The molecule has 180 valence electrons. The lowest BCUT2D eigenvalue weighted by atomic mass is 9.90. The predicted molar refractivity (Wildman–Crippen MR) is 137 cm³/mol. The third kappa shape index (κ3) is 9.07. The smallest absolute Gasteiger partial charge is 0.126 e. The molecule has 0 spiro atoms. The number of unbranched alkanes of at least 4 members (excludes halogenated alkanes) is 4. The monoisotopic (exact) mass is 432 g/mol. The van der Waals surface area contributed by atoms with E-state index in [0.717, 1.165) is 53.5 Å². The van der Waals surface area contributed by atoms with Gasteiger partial charge < -0.3 is 9.84 Å². The molecule has 0 unspecified atom stereocenters. The third-order valence-electron chi connectivity index (χ3n) is 7.04. The van der Waals surface area contributed by atoms with Crippen LogP contribution in [-0.4, -0.2) is 11.2 Å². The molecule has 0 fully saturated rings. The fraction of sp³-hybridized carbons (Fsp3) is 0.793. The van der Waals surface area contributed by atoms with Gasteiger partial charge in [0.05, 0.1) is 6.10 Å². The van der Waals surface area contributed by atoms with Crippen LogP contribution < -0.4 is 4.74 Å². The number of aromatic hydroxyl groups is 1. The van der Waals surface area contributed by atoms with E-state index in [1.165, 1.54) is 63.4 Å². The van der Waals surface area contributed by atoms with Gasteiger partial charge in [-0.1, -0.05) is 86.0 Å². The van der Waals surface area contributed by atoms with Crippen molar-refractivity contribution >= 4 is 0 Å². The van der Waals surface area contributed by atoms with E-state index in [9.17, 15) is 5.11 Å². The average Bonchev–Trinajstić information content (AvgIpc) is 2.76. The number of benzene rings is 1. The average molecular weight is 433 g/mol. The summed E-state index contributed by atoms with van der Waals surface area (Å²) in [7, 11) is 0. The summed E-state index contributed by atoms with van der Waals surface area (Å²) >= 11 is 0. The Balaban J connectivity index is 0.00000233. The first-order valence-electron chi connectivity index (χ1n) is 13.3. The minimum absolute atomic E-state index is 0.345. The quantitative estimate of drug-likeness (QED) is 0.333. The summed E-state index contributed by atoms with van der Waals surface area (Å²) in [6, 6.07) is 0. The molecule has 0 radical (unpaired) electrons. The molecule has 0 saturated carbocycles. The molecule has 1 aliphatic heterocycles. The van der Waals surface area contributed by atoms with E-state index in [0.29, 0.717) is 11.9 Å². The van der Waals surface area contributed by atoms with Crippen LogP contribution in [0.25, 0.3) is 0 Å². The van der Waals surface area contributed by atoms with Crippen LogP contribution in [0.4, 0.5) is 0 Å². The molecule has 2 atom stereocenters. The highest BCUT2D eigenvalue weighted by Gasteiger charge is 2.25. The van der Waals surface area contributed by atoms with E-state index in [4.69, 9.17) is 4.74 Å². The van der Waals surface area contributed by atoms with Crippen molar-refractivity contribution in [2.75, 3.05) is 0 Å². The van der Waals surface area contributed by atoms with Crippen molar-refractivity contribution in [3.63, 3.8) is 0 Å². The number of fused-ring (bicyclic) bond motifs is 1. The van der Waals surface area contributed by atoms with Gasteiger partial charge in [-0.2, -0.15) is 0 Å². The lowest BCUT2D eigenvalue weighted by molar-refractivity contribution is 0.156. The second-order valence-corrected chi connectivity index (χ2v) is 10.1. The van der Waals surface area contributed by atoms with Gasteiger partial charge in [-0.3, -0.25) is 0 Å². The first-order valence-corrected chi connectivity index (χ1v) is 13.3. The Morgan fingerprint density at radius 2 is 1.39 bits per heavy atom. The fourth-order valence-electron chi connectivity index (χ4n) is 4.78. The summed E-state index contributed by atoms with van der Waals surface area (Å²) in [5, 5.41) is 10.3. The Hall–Kier alpha value is -1.18. The molecule has 2 nitrogen and oxygen atoms in total. The van der Waals surface area contributed by atoms with Crippen molar-refractivity contribution in [2.24, 2.45) is 11.8 Å². The van der Waals surface area contributed by atoms with E-state index in [1.807, 2.05) is 27.7 Å². The van der Waals surface area contributed by atoms with E-state index in [2.05, 4.69) is 27.7 Å². The molecule has 1 aromatic carbocycles. The summed E-state index contributed by atoms with van der Waals surface area (Å²) in [5.74, 6) is 3.21. The first-order chi connectivity index (χ1) is 14.8. The molecule has 2 heteroatoms. The summed E-state index contributed by atoms with van der Waals surface area (Å²) in [4.78, 5) is 0. The van der Waals surface area contributed by atoms with Crippen molar-refractivity contribution in [1.29, 1.82) is 0 Å². The summed E-state index contributed by atoms with van der Waals surface area (Å²) in [6.07, 6.45) is 16.1. The van der Waals surface area contributed by atoms with Gasteiger partial charge in [0.15, 0.2) is 0 Å². The van der Waals surface area contributed by atoms with Gasteiger partial charge in [0.25, 0.3) is 0 Å². The second kappa shape index (κ2) is 14.8. The molecule has 31 heavy (non-hydrogen) atoms. The van der Waals surface area contributed by atoms with E-state index >= 15 is 0 Å². The van der Waals surface area contributed by atoms with Crippen LogP contribution in [0.2, 0.25) is 0 Å². The number of phenolic OH excluding ortho intramolecular Hbond substituents is 1. The highest BCUT2D eigenvalue weighted by atomic mass is 16.5. The van der Waals surface area contributed by atoms with Gasteiger partial charge in [0.2, 0.25) is 0 Å². The SMILES string of the molecule is CC.Cc1c(C)c2c(c(C)c1O)CC[C@@H](CCC[C@H](C)CCCCCCCC(C)C)O2. The topological polar surface area (TPSA) is 29.5 Å². The number of hydrogen-bond acceptors (Lipinski definition) is 2. The summed E-state index contributed by atoms with van der Waals surface area (Å²) in [6.45, 7) is 17.2. The molecule has 0 saturated heterocycles. The summed E-state index contributed by atoms with van der Waals surface area (Å²) < 4.78 is 6.40. The molecule has 1 N–H and O–H groups in total. The zero-order valence-electron chi connectivity index (χ0n) is 22.1. The van der Waals surface area contributed by atoms with Crippen LogP contribution in [0, 0.1) is 32.6 Å². The number of phenols is 1. The van der Waals surface area contributed by atoms with Crippen LogP contribution in [0.15, 0.2) is 0 Å². The molecule has 0 bridgehead atoms. The van der Waals surface area contributed by atoms with Crippen LogP contribution >= 0.6 is 0 Å². The number of hydrogen-bond donors (Lipinski definition) is 1. The van der Waals surface area contributed by atoms with Gasteiger partial charge in [-0.25, -0.2) is 0 Å². The van der Waals surface area contributed by atoms with E-state index in [-0.39, 0.29) is 0 Å². The first kappa shape index (κ1) is 27.9. The molecular formula is C29H52O2. The number of ether oxygens (including phenoxy) is 1. The Kier molecular flexibility index (Phi) is 13.3. The van der Waals surface area contributed by atoms with Gasteiger partial charge in [0, 0.05) is 5.56 Å². The second-order valence-electron chi connectivity index (χ2n) is 10.1.